The summed E-state index contributed by atoms with van der Waals surface area (Å²) in [5, 5.41) is 0. The third-order valence-corrected chi connectivity index (χ3v) is 3.90. The topological polar surface area (TPSA) is 27.7 Å². The van der Waals surface area contributed by atoms with Crippen LogP contribution in [0.5, 0.6) is 0 Å². The van der Waals surface area contributed by atoms with E-state index in [4.69, 9.17) is 14.0 Å². The summed E-state index contributed by atoms with van der Waals surface area (Å²) in [5.74, 6) is 0. The molecule has 3 rings (SSSR count). The number of methoxy groups -OCH3 is 1. The predicted molar refractivity (Wildman–Crippen MR) is 83.5 cm³/mol. The van der Waals surface area contributed by atoms with Gasteiger partial charge in [-0.15, -0.1) is 0 Å². The van der Waals surface area contributed by atoms with Crippen LogP contribution in [-0.2, 0) is 14.0 Å². The van der Waals surface area contributed by atoms with Gasteiger partial charge in [0.15, 0.2) is 0 Å². The fraction of sp³-hybridized carbons (Fsp3) is 0.294. The normalized spacial score (nSPS) is 19.7. The molecule has 0 amide bonds. The van der Waals surface area contributed by atoms with E-state index in [1.165, 1.54) is 0 Å². The lowest BCUT2D eigenvalue weighted by Crippen LogP contribution is -2.35. The molecule has 0 radical (unpaired) electrons. The van der Waals surface area contributed by atoms with Gasteiger partial charge in [-0.25, -0.2) is 0 Å². The van der Waals surface area contributed by atoms with Crippen molar-refractivity contribution in [2.45, 2.75) is 19.1 Å². The molecule has 1 aliphatic heterocycles. The van der Waals surface area contributed by atoms with Gasteiger partial charge in [-0.05, 0) is 23.5 Å². The van der Waals surface area contributed by atoms with E-state index in [9.17, 15) is 0 Å². The number of benzene rings is 2. The highest BCUT2D eigenvalue weighted by Gasteiger charge is 2.35. The number of hydrogen-bond acceptors (Lipinski definition) is 3. The van der Waals surface area contributed by atoms with Crippen molar-refractivity contribution >= 4 is 12.6 Å². The number of rotatable bonds is 4. The van der Waals surface area contributed by atoms with Crippen LogP contribution in [0.3, 0.4) is 0 Å². The lowest BCUT2D eigenvalue weighted by molar-refractivity contribution is 0.120. The van der Waals surface area contributed by atoms with Gasteiger partial charge in [-0.1, -0.05) is 54.6 Å². The summed E-state index contributed by atoms with van der Waals surface area (Å²) in [6, 6.07) is 18.3. The van der Waals surface area contributed by atoms with Gasteiger partial charge in [0.05, 0.1) is 18.8 Å². The average Bonchev–Trinajstić information content (AvgIpc) is 3.05. The molecule has 0 N–H and O–H groups in total. The quantitative estimate of drug-likeness (QED) is 0.807. The average molecular weight is 282 g/mol. The van der Waals surface area contributed by atoms with Crippen LogP contribution < -0.4 is 5.46 Å². The maximum Gasteiger partial charge on any atom is 0.494 e. The molecule has 0 saturated carbocycles. The summed E-state index contributed by atoms with van der Waals surface area (Å²) < 4.78 is 17.4. The highest BCUT2D eigenvalue weighted by Crippen LogP contribution is 2.26. The highest BCUT2D eigenvalue weighted by atomic mass is 16.6. The van der Waals surface area contributed by atoms with Crippen LogP contribution in [0, 0.1) is 0 Å². The first-order chi connectivity index (χ1) is 10.3. The molecule has 0 unspecified atom stereocenters. The molecule has 0 aromatic heterocycles. The van der Waals surface area contributed by atoms with Crippen LogP contribution in [0.15, 0.2) is 54.6 Å². The molecular weight excluding hydrogens is 263 g/mol. The monoisotopic (exact) mass is 282 g/mol. The van der Waals surface area contributed by atoms with E-state index in [1.54, 1.807) is 7.11 Å². The third-order valence-electron chi connectivity index (χ3n) is 3.90. The van der Waals surface area contributed by atoms with E-state index in [1.807, 2.05) is 43.3 Å². The van der Waals surface area contributed by atoms with Crippen molar-refractivity contribution < 1.29 is 14.0 Å². The zero-order valence-electron chi connectivity index (χ0n) is 12.4. The fourth-order valence-corrected chi connectivity index (χ4v) is 2.63. The Labute approximate surface area is 126 Å². The third kappa shape index (κ3) is 3.03. The molecule has 0 bridgehead atoms. The first-order valence-corrected chi connectivity index (χ1v) is 7.23. The lowest BCUT2D eigenvalue weighted by atomic mass is 9.75. The summed E-state index contributed by atoms with van der Waals surface area (Å²) >= 11 is 0. The Hall–Kier alpha value is -1.62. The van der Waals surface area contributed by atoms with Crippen molar-refractivity contribution in [3.05, 3.63) is 65.7 Å². The molecule has 0 spiro atoms. The summed E-state index contributed by atoms with van der Waals surface area (Å²) in [6.45, 7) is 2.60. The first-order valence-electron chi connectivity index (χ1n) is 7.23. The van der Waals surface area contributed by atoms with Gasteiger partial charge >= 0.3 is 7.12 Å². The highest BCUT2D eigenvalue weighted by molar-refractivity contribution is 6.62. The maximum atomic E-state index is 6.09. The van der Waals surface area contributed by atoms with Gasteiger partial charge < -0.3 is 14.0 Å². The van der Waals surface area contributed by atoms with Crippen molar-refractivity contribution in [2.24, 2.45) is 0 Å². The van der Waals surface area contributed by atoms with Gasteiger partial charge in [0.25, 0.3) is 0 Å². The summed E-state index contributed by atoms with van der Waals surface area (Å²) in [6.07, 6.45) is 0.00582. The van der Waals surface area contributed by atoms with E-state index in [0.717, 1.165) is 16.6 Å². The molecule has 4 heteroatoms. The van der Waals surface area contributed by atoms with Crippen LogP contribution in [0.25, 0.3) is 0 Å². The Morgan fingerprint density at radius 1 is 1.10 bits per heavy atom. The van der Waals surface area contributed by atoms with E-state index in [2.05, 4.69) is 18.2 Å². The molecule has 1 aliphatic rings. The SMILES string of the molecule is CO[C@H](C)c1ccccc1B1OC[C@H](c2ccccc2)O1. The van der Waals surface area contributed by atoms with Gasteiger partial charge in [0.1, 0.15) is 0 Å². The minimum Gasteiger partial charge on any atom is -0.404 e. The minimum absolute atomic E-state index is 0.0119. The second kappa shape index (κ2) is 6.44. The van der Waals surface area contributed by atoms with E-state index < -0.39 is 0 Å². The van der Waals surface area contributed by atoms with Crippen molar-refractivity contribution in [3.63, 3.8) is 0 Å². The van der Waals surface area contributed by atoms with E-state index in [-0.39, 0.29) is 19.3 Å². The maximum absolute atomic E-state index is 6.09. The van der Waals surface area contributed by atoms with Gasteiger partial charge in [-0.3, -0.25) is 0 Å². The van der Waals surface area contributed by atoms with Crippen molar-refractivity contribution in [3.8, 4) is 0 Å². The standard InChI is InChI=1S/C17H19BO3/c1-13(19-2)15-10-6-7-11-16(15)18-20-12-17(21-18)14-8-4-3-5-9-14/h3-11,13,17H,12H2,1-2H3/t13-,17-/m1/s1. The molecule has 2 aromatic rings. The fourth-order valence-electron chi connectivity index (χ4n) is 2.63. The molecule has 2 aromatic carbocycles. The van der Waals surface area contributed by atoms with Crippen LogP contribution >= 0.6 is 0 Å². The Bertz CT molecular complexity index is 588. The summed E-state index contributed by atoms with van der Waals surface area (Å²) in [7, 11) is 1.38. The van der Waals surface area contributed by atoms with Gasteiger partial charge in [-0.2, -0.15) is 0 Å². The Balaban J connectivity index is 1.81. The van der Waals surface area contributed by atoms with Crippen LogP contribution in [0.2, 0.25) is 0 Å². The van der Waals surface area contributed by atoms with Crippen LogP contribution in [-0.4, -0.2) is 20.8 Å². The number of ether oxygens (including phenoxy) is 1. The number of hydrogen-bond donors (Lipinski definition) is 0. The predicted octanol–water partition coefficient (Wildman–Crippen LogP) is 2.88. The van der Waals surface area contributed by atoms with Crippen LogP contribution in [0.4, 0.5) is 0 Å². The smallest absolute Gasteiger partial charge is 0.404 e. The molecular formula is C17H19BO3. The molecule has 0 aliphatic carbocycles. The van der Waals surface area contributed by atoms with Gasteiger partial charge in [0.2, 0.25) is 0 Å². The van der Waals surface area contributed by atoms with E-state index in [0.29, 0.717) is 6.61 Å². The second-order valence-corrected chi connectivity index (χ2v) is 5.21. The molecule has 108 valence electrons. The van der Waals surface area contributed by atoms with Crippen LogP contribution in [0.1, 0.15) is 30.3 Å². The van der Waals surface area contributed by atoms with Crippen molar-refractivity contribution in [1.29, 1.82) is 0 Å². The Morgan fingerprint density at radius 3 is 2.57 bits per heavy atom. The zero-order chi connectivity index (χ0) is 14.7. The Morgan fingerprint density at radius 2 is 1.81 bits per heavy atom. The second-order valence-electron chi connectivity index (χ2n) is 5.21. The molecule has 2 atom stereocenters. The molecule has 21 heavy (non-hydrogen) atoms. The van der Waals surface area contributed by atoms with Crippen molar-refractivity contribution in [1.82, 2.24) is 0 Å². The first kappa shape index (κ1) is 14.3. The largest absolute Gasteiger partial charge is 0.494 e. The molecule has 1 saturated heterocycles. The molecule has 1 fully saturated rings. The van der Waals surface area contributed by atoms with Crippen molar-refractivity contribution in [2.75, 3.05) is 13.7 Å². The zero-order valence-corrected chi connectivity index (χ0v) is 12.4. The molecule has 3 nitrogen and oxygen atoms in total. The van der Waals surface area contributed by atoms with E-state index >= 15 is 0 Å². The summed E-state index contributed by atoms with van der Waals surface area (Å²) in [5.41, 5.74) is 3.31. The minimum atomic E-state index is -0.330. The Kier molecular flexibility index (Phi) is 4.39. The molecule has 1 heterocycles. The van der Waals surface area contributed by atoms with Gasteiger partial charge in [0, 0.05) is 7.11 Å². The lowest BCUT2D eigenvalue weighted by Gasteiger charge is -2.16. The summed E-state index contributed by atoms with van der Waals surface area (Å²) in [4.78, 5) is 0.